The van der Waals surface area contributed by atoms with Crippen LogP contribution in [0.4, 0.5) is 5.82 Å². The van der Waals surface area contributed by atoms with E-state index in [4.69, 9.17) is 5.73 Å². The van der Waals surface area contributed by atoms with Gasteiger partial charge in [0.25, 0.3) is 0 Å². The highest BCUT2D eigenvalue weighted by molar-refractivity contribution is 5.80. The molecule has 0 saturated carbocycles. The van der Waals surface area contributed by atoms with Crippen LogP contribution in [0.15, 0.2) is 36.7 Å². The number of rotatable bonds is 4. The first-order valence-corrected chi connectivity index (χ1v) is 6.49. The van der Waals surface area contributed by atoms with E-state index in [2.05, 4.69) is 25.5 Å². The van der Waals surface area contributed by atoms with Gasteiger partial charge in [0.15, 0.2) is 0 Å². The fourth-order valence-corrected chi connectivity index (χ4v) is 1.94. The Labute approximate surface area is 116 Å². The quantitative estimate of drug-likeness (QED) is 0.670. The molecule has 1 atom stereocenters. The molecule has 2 aromatic heterocycles. The third-order valence-corrected chi connectivity index (χ3v) is 2.99. The van der Waals surface area contributed by atoms with E-state index in [1.54, 1.807) is 6.33 Å². The van der Waals surface area contributed by atoms with Gasteiger partial charge < -0.3 is 16.0 Å². The van der Waals surface area contributed by atoms with Crippen LogP contribution < -0.4 is 11.1 Å². The summed E-state index contributed by atoms with van der Waals surface area (Å²) in [7, 11) is 0. The number of anilines is 1. The molecule has 1 unspecified atom stereocenters. The molecule has 2 heterocycles. The lowest BCUT2D eigenvalue weighted by Crippen LogP contribution is -2.25. The van der Waals surface area contributed by atoms with Crippen molar-refractivity contribution in [3.05, 3.63) is 36.7 Å². The van der Waals surface area contributed by atoms with Crippen LogP contribution in [0.1, 0.15) is 6.92 Å². The molecule has 102 valence electrons. The van der Waals surface area contributed by atoms with Crippen LogP contribution in [-0.2, 0) is 0 Å². The first-order chi connectivity index (χ1) is 9.72. The first-order valence-electron chi connectivity index (χ1n) is 6.49. The van der Waals surface area contributed by atoms with Crippen molar-refractivity contribution < 1.29 is 0 Å². The zero-order valence-electron chi connectivity index (χ0n) is 11.2. The molecule has 6 nitrogen and oxygen atoms in total. The topological polar surface area (TPSA) is 92.5 Å². The Bertz CT molecular complexity index is 701. The maximum absolute atomic E-state index is 5.68. The molecule has 0 spiro atoms. The highest BCUT2D eigenvalue weighted by Crippen LogP contribution is 2.21. The van der Waals surface area contributed by atoms with Gasteiger partial charge in [0.2, 0.25) is 0 Å². The zero-order chi connectivity index (χ0) is 13.9. The van der Waals surface area contributed by atoms with E-state index in [0.717, 1.165) is 28.1 Å². The number of aromatic nitrogens is 4. The third-order valence-electron chi connectivity index (χ3n) is 2.99. The van der Waals surface area contributed by atoms with Crippen molar-refractivity contribution in [2.75, 3.05) is 11.9 Å². The Kier molecular flexibility index (Phi) is 3.30. The number of nitrogens with one attached hydrogen (secondary N) is 2. The monoisotopic (exact) mass is 268 g/mol. The summed E-state index contributed by atoms with van der Waals surface area (Å²) < 4.78 is 0. The molecule has 6 heteroatoms. The second-order valence-electron chi connectivity index (χ2n) is 4.80. The highest BCUT2D eigenvalue weighted by atomic mass is 15.2. The summed E-state index contributed by atoms with van der Waals surface area (Å²) >= 11 is 0. The summed E-state index contributed by atoms with van der Waals surface area (Å²) in [6.45, 7) is 2.61. The Morgan fingerprint density at radius 1 is 1.25 bits per heavy atom. The number of H-pyrrole nitrogens is 1. The number of aromatic amines is 1. The molecule has 4 N–H and O–H groups in total. The Balaban J connectivity index is 1.82. The minimum absolute atomic E-state index is 0.0826. The van der Waals surface area contributed by atoms with E-state index in [0.29, 0.717) is 6.54 Å². The van der Waals surface area contributed by atoms with Crippen LogP contribution in [0.25, 0.3) is 22.3 Å². The van der Waals surface area contributed by atoms with E-state index in [1.807, 2.05) is 37.3 Å². The van der Waals surface area contributed by atoms with Crippen molar-refractivity contribution in [2.45, 2.75) is 13.0 Å². The summed E-state index contributed by atoms with van der Waals surface area (Å²) in [5, 5.41) is 11.5. The third kappa shape index (κ3) is 2.60. The summed E-state index contributed by atoms with van der Waals surface area (Å²) in [4.78, 5) is 7.28. The second-order valence-corrected chi connectivity index (χ2v) is 4.80. The molecular formula is C14H16N6. The van der Waals surface area contributed by atoms with Crippen LogP contribution in [0, 0.1) is 0 Å². The fourth-order valence-electron chi connectivity index (χ4n) is 1.94. The average Bonchev–Trinajstić information content (AvgIpc) is 2.93. The minimum atomic E-state index is 0.0826. The van der Waals surface area contributed by atoms with Crippen molar-refractivity contribution in [2.24, 2.45) is 5.73 Å². The molecule has 3 rings (SSSR count). The predicted molar refractivity (Wildman–Crippen MR) is 79.3 cm³/mol. The number of fused-ring (bicyclic) bond motifs is 1. The predicted octanol–water partition coefficient (Wildman–Crippen LogP) is 1.78. The molecule has 0 aliphatic rings. The second kappa shape index (κ2) is 5.26. The number of benzene rings is 1. The minimum Gasteiger partial charge on any atom is -0.367 e. The van der Waals surface area contributed by atoms with E-state index >= 15 is 0 Å². The standard InChI is InChI=1S/C14H16N6/c1-9(15)7-16-14-5-4-11(19-20-14)10-2-3-12-13(6-10)18-8-17-12/h2-6,8-9H,7,15H2,1H3,(H,16,20)(H,17,18). The molecule has 1 aromatic carbocycles. The molecule has 3 aromatic rings. The number of nitrogens with two attached hydrogens (primary N) is 1. The lowest BCUT2D eigenvalue weighted by atomic mass is 10.1. The highest BCUT2D eigenvalue weighted by Gasteiger charge is 2.04. The van der Waals surface area contributed by atoms with Crippen LogP contribution in [0.2, 0.25) is 0 Å². The van der Waals surface area contributed by atoms with Crippen molar-refractivity contribution in [3.8, 4) is 11.3 Å². The summed E-state index contributed by atoms with van der Waals surface area (Å²) in [5.74, 6) is 0.730. The van der Waals surface area contributed by atoms with E-state index < -0.39 is 0 Å². The van der Waals surface area contributed by atoms with Gasteiger partial charge in [-0.15, -0.1) is 10.2 Å². The van der Waals surface area contributed by atoms with Gasteiger partial charge in [-0.2, -0.15) is 0 Å². The normalized spacial score (nSPS) is 12.5. The number of hydrogen-bond acceptors (Lipinski definition) is 5. The largest absolute Gasteiger partial charge is 0.367 e. The molecule has 0 aliphatic carbocycles. The average molecular weight is 268 g/mol. The van der Waals surface area contributed by atoms with Gasteiger partial charge in [0, 0.05) is 18.2 Å². The molecule has 0 aliphatic heterocycles. The maximum atomic E-state index is 5.68. The number of hydrogen-bond donors (Lipinski definition) is 3. The Morgan fingerprint density at radius 2 is 2.15 bits per heavy atom. The van der Waals surface area contributed by atoms with Gasteiger partial charge in [-0.25, -0.2) is 4.98 Å². The first kappa shape index (κ1) is 12.6. The molecule has 20 heavy (non-hydrogen) atoms. The number of imidazole rings is 1. The van der Waals surface area contributed by atoms with Crippen molar-refractivity contribution in [3.63, 3.8) is 0 Å². The molecular weight excluding hydrogens is 252 g/mol. The molecule has 0 radical (unpaired) electrons. The van der Waals surface area contributed by atoms with Gasteiger partial charge >= 0.3 is 0 Å². The van der Waals surface area contributed by atoms with Gasteiger partial charge in [-0.1, -0.05) is 6.07 Å². The van der Waals surface area contributed by atoms with Crippen molar-refractivity contribution in [1.82, 2.24) is 20.2 Å². The van der Waals surface area contributed by atoms with Crippen LogP contribution in [0.3, 0.4) is 0 Å². The summed E-state index contributed by atoms with van der Waals surface area (Å²) in [6, 6.07) is 9.89. The van der Waals surface area contributed by atoms with Crippen LogP contribution >= 0.6 is 0 Å². The van der Waals surface area contributed by atoms with Gasteiger partial charge in [0.1, 0.15) is 5.82 Å². The van der Waals surface area contributed by atoms with E-state index in [9.17, 15) is 0 Å². The molecule has 0 saturated heterocycles. The molecule has 0 bridgehead atoms. The van der Waals surface area contributed by atoms with Crippen LogP contribution in [0.5, 0.6) is 0 Å². The zero-order valence-corrected chi connectivity index (χ0v) is 11.2. The van der Waals surface area contributed by atoms with Crippen LogP contribution in [-0.4, -0.2) is 32.8 Å². The molecule has 0 fully saturated rings. The van der Waals surface area contributed by atoms with E-state index in [-0.39, 0.29) is 6.04 Å². The van der Waals surface area contributed by atoms with Gasteiger partial charge in [-0.05, 0) is 31.2 Å². The lowest BCUT2D eigenvalue weighted by Gasteiger charge is -2.07. The Morgan fingerprint density at radius 3 is 2.90 bits per heavy atom. The van der Waals surface area contributed by atoms with Crippen molar-refractivity contribution >= 4 is 16.9 Å². The van der Waals surface area contributed by atoms with Gasteiger partial charge in [0.05, 0.1) is 23.1 Å². The summed E-state index contributed by atoms with van der Waals surface area (Å²) in [6.07, 6.45) is 1.68. The lowest BCUT2D eigenvalue weighted by molar-refractivity contribution is 0.775. The SMILES string of the molecule is CC(N)CNc1ccc(-c2ccc3nc[nH]c3c2)nn1. The smallest absolute Gasteiger partial charge is 0.148 e. The number of nitrogens with zero attached hydrogens (tertiary/aromatic N) is 3. The summed E-state index contributed by atoms with van der Waals surface area (Å²) in [5.41, 5.74) is 9.45. The maximum Gasteiger partial charge on any atom is 0.148 e. The Hall–Kier alpha value is -2.47. The molecule has 0 amide bonds. The van der Waals surface area contributed by atoms with Crippen molar-refractivity contribution in [1.29, 1.82) is 0 Å². The van der Waals surface area contributed by atoms with E-state index in [1.165, 1.54) is 0 Å². The fraction of sp³-hybridized carbons (Fsp3) is 0.214. The van der Waals surface area contributed by atoms with Gasteiger partial charge in [-0.3, -0.25) is 0 Å².